The molecule has 3 aromatic rings. The summed E-state index contributed by atoms with van der Waals surface area (Å²) in [5.41, 5.74) is -1.11. The van der Waals surface area contributed by atoms with E-state index in [0.29, 0.717) is 0 Å². The Balaban J connectivity index is 0.00000300. The third-order valence-corrected chi connectivity index (χ3v) is 4.85. The summed E-state index contributed by atoms with van der Waals surface area (Å²) in [5, 5.41) is 38.5. The first-order valence-electron chi connectivity index (χ1n) is 7.39. The van der Waals surface area contributed by atoms with E-state index in [1.807, 2.05) is 0 Å². The van der Waals surface area contributed by atoms with Crippen LogP contribution in [0.4, 0.5) is 17.1 Å². The first-order valence-corrected chi connectivity index (χ1v) is 9.17. The zero-order chi connectivity index (χ0) is 20.6. The third kappa shape index (κ3) is 4.66. The third-order valence-electron chi connectivity index (χ3n) is 3.74. The molecule has 0 aliphatic heterocycles. The Labute approximate surface area is 190 Å². The van der Waals surface area contributed by atoms with Crippen molar-refractivity contribution in [3.8, 4) is 11.5 Å². The van der Waals surface area contributed by atoms with Crippen molar-refractivity contribution in [3.05, 3.63) is 57.6 Å². The summed E-state index contributed by atoms with van der Waals surface area (Å²) in [7, 11) is -4.76. The molecule has 0 aromatic heterocycles. The average Bonchev–Trinajstić information content (AvgIpc) is 2.62. The van der Waals surface area contributed by atoms with E-state index in [4.69, 9.17) is 11.6 Å². The summed E-state index contributed by atoms with van der Waals surface area (Å²) in [6.07, 6.45) is 0. The van der Waals surface area contributed by atoms with Crippen molar-refractivity contribution in [1.29, 1.82) is 0 Å². The standard InChI is InChI=1S/C16H10ClN3O7S.Na/c17-8-6-12(16(22)13(7-8)20(23)24)19-18-11-5-4-9-10(15(11)21)2-1-3-14(9)28(25,26)27;/h1-7,21-22H,(H,25,26,27);/q;+1/p-1. The number of hydrogen-bond donors (Lipinski definition) is 2. The fourth-order valence-electron chi connectivity index (χ4n) is 2.49. The molecule has 3 rings (SSSR count). The van der Waals surface area contributed by atoms with E-state index in [0.717, 1.165) is 18.2 Å². The number of fused-ring (bicyclic) bond motifs is 1. The molecule has 0 aliphatic rings. The maximum atomic E-state index is 11.3. The van der Waals surface area contributed by atoms with Gasteiger partial charge in [0.15, 0.2) is 5.75 Å². The van der Waals surface area contributed by atoms with Gasteiger partial charge in [-0.3, -0.25) is 10.1 Å². The van der Waals surface area contributed by atoms with E-state index < -0.39 is 37.1 Å². The molecule has 3 aromatic carbocycles. The molecule has 0 heterocycles. The fraction of sp³-hybridized carbons (Fsp3) is 0. The summed E-state index contributed by atoms with van der Waals surface area (Å²) in [5.74, 6) is -1.24. The number of benzene rings is 3. The molecule has 0 fully saturated rings. The first-order chi connectivity index (χ1) is 13.1. The van der Waals surface area contributed by atoms with Crippen molar-refractivity contribution >= 4 is 49.6 Å². The number of nitro groups is 1. The molecule has 0 spiro atoms. The SMILES string of the molecule is O=[N+]([O-])c1cc(Cl)cc(N=Nc2ccc3c(S(=O)(=O)[O-])cccc3c2O)c1O.[Na+]. The molecule has 0 saturated carbocycles. The molecule has 2 N–H and O–H groups in total. The van der Waals surface area contributed by atoms with Crippen molar-refractivity contribution in [3.63, 3.8) is 0 Å². The van der Waals surface area contributed by atoms with Gasteiger partial charge in [-0.15, -0.1) is 10.2 Å². The monoisotopic (exact) mass is 445 g/mol. The van der Waals surface area contributed by atoms with Gasteiger partial charge in [0.1, 0.15) is 21.5 Å². The van der Waals surface area contributed by atoms with Gasteiger partial charge in [0.05, 0.1) is 9.82 Å². The number of hydrogen-bond acceptors (Lipinski definition) is 9. The molecule has 144 valence electrons. The molecule has 10 nitrogen and oxygen atoms in total. The van der Waals surface area contributed by atoms with Gasteiger partial charge in [-0.2, -0.15) is 0 Å². The molecule has 0 radical (unpaired) electrons. The number of rotatable bonds is 4. The molecule has 29 heavy (non-hydrogen) atoms. The molecule has 13 heteroatoms. The maximum Gasteiger partial charge on any atom is 1.00 e. The van der Waals surface area contributed by atoms with Crippen LogP contribution in [0.2, 0.25) is 5.02 Å². The zero-order valence-corrected chi connectivity index (χ0v) is 18.2. The number of phenolic OH excluding ortho intramolecular Hbond substituents is 2. The van der Waals surface area contributed by atoms with Crippen LogP contribution in [-0.2, 0) is 10.1 Å². The second-order valence-corrected chi connectivity index (χ2v) is 7.27. The van der Waals surface area contributed by atoms with Gasteiger partial charge in [0, 0.05) is 21.9 Å². The van der Waals surface area contributed by atoms with Gasteiger partial charge in [-0.1, -0.05) is 29.8 Å². The average molecular weight is 446 g/mol. The minimum atomic E-state index is -4.76. The predicted molar refractivity (Wildman–Crippen MR) is 97.5 cm³/mol. The molecule has 0 bridgehead atoms. The van der Waals surface area contributed by atoms with E-state index in [-0.39, 0.29) is 56.7 Å². The fourth-order valence-corrected chi connectivity index (χ4v) is 3.39. The van der Waals surface area contributed by atoms with Crippen molar-refractivity contribution in [2.24, 2.45) is 10.2 Å². The molecule has 0 aliphatic carbocycles. The van der Waals surface area contributed by atoms with Crippen molar-refractivity contribution in [2.45, 2.75) is 4.90 Å². The van der Waals surface area contributed by atoms with Crippen LogP contribution in [0.5, 0.6) is 11.5 Å². The van der Waals surface area contributed by atoms with E-state index in [2.05, 4.69) is 10.2 Å². The van der Waals surface area contributed by atoms with Crippen LogP contribution in [0.1, 0.15) is 0 Å². The molecule has 0 unspecified atom stereocenters. The Kier molecular flexibility index (Phi) is 6.83. The van der Waals surface area contributed by atoms with Crippen LogP contribution in [-0.4, -0.2) is 28.1 Å². The number of aromatic hydroxyl groups is 2. The van der Waals surface area contributed by atoms with Crippen molar-refractivity contribution in [1.82, 2.24) is 0 Å². The van der Waals surface area contributed by atoms with E-state index in [1.54, 1.807) is 0 Å². The number of phenols is 2. The number of halogens is 1. The number of azo groups is 1. The van der Waals surface area contributed by atoms with E-state index in [9.17, 15) is 33.3 Å². The topological polar surface area (TPSA) is 166 Å². The zero-order valence-electron chi connectivity index (χ0n) is 14.6. The van der Waals surface area contributed by atoms with Crippen molar-refractivity contribution < 1.29 is 57.7 Å². The van der Waals surface area contributed by atoms with Gasteiger partial charge in [-0.25, -0.2) is 8.42 Å². The summed E-state index contributed by atoms with van der Waals surface area (Å²) >= 11 is 5.76. The minimum absolute atomic E-state index is 0. The van der Waals surface area contributed by atoms with Crippen LogP contribution in [0.3, 0.4) is 0 Å². The van der Waals surface area contributed by atoms with Crippen LogP contribution in [0, 0.1) is 10.1 Å². The predicted octanol–water partition coefficient (Wildman–Crippen LogP) is 1.14. The molecular formula is C16H9ClN3NaO7S. The van der Waals surface area contributed by atoms with Gasteiger partial charge in [0.2, 0.25) is 5.75 Å². The van der Waals surface area contributed by atoms with Gasteiger partial charge >= 0.3 is 35.2 Å². The smallest absolute Gasteiger partial charge is 0.744 e. The quantitative estimate of drug-likeness (QED) is 0.199. The summed E-state index contributed by atoms with van der Waals surface area (Å²) in [6.45, 7) is 0. The van der Waals surface area contributed by atoms with Gasteiger partial charge in [-0.05, 0) is 18.2 Å². The summed E-state index contributed by atoms with van der Waals surface area (Å²) < 4.78 is 34.0. The largest absolute Gasteiger partial charge is 1.00 e. The molecular weight excluding hydrogens is 437 g/mol. The number of nitrogens with zero attached hydrogens (tertiary/aromatic N) is 3. The second-order valence-electron chi connectivity index (χ2n) is 5.49. The van der Waals surface area contributed by atoms with Crippen LogP contribution < -0.4 is 29.6 Å². The second kappa shape index (κ2) is 8.61. The molecule has 0 saturated heterocycles. The van der Waals surface area contributed by atoms with Crippen molar-refractivity contribution in [2.75, 3.05) is 0 Å². The van der Waals surface area contributed by atoms with Gasteiger partial charge < -0.3 is 14.8 Å². The maximum absolute atomic E-state index is 11.3. The first kappa shape index (κ1) is 23.0. The Bertz CT molecular complexity index is 1270. The summed E-state index contributed by atoms with van der Waals surface area (Å²) in [6, 6.07) is 8.29. The molecule has 0 amide bonds. The Morgan fingerprint density at radius 1 is 0.966 bits per heavy atom. The van der Waals surface area contributed by atoms with E-state index in [1.165, 1.54) is 24.3 Å². The normalized spacial score (nSPS) is 11.5. The van der Waals surface area contributed by atoms with E-state index >= 15 is 0 Å². The van der Waals surface area contributed by atoms with Gasteiger partial charge in [0.25, 0.3) is 0 Å². The van der Waals surface area contributed by atoms with Crippen LogP contribution in [0.15, 0.2) is 57.6 Å². The summed E-state index contributed by atoms with van der Waals surface area (Å²) in [4.78, 5) is 9.56. The number of nitro benzene ring substituents is 1. The van der Waals surface area contributed by atoms with Crippen LogP contribution in [0.25, 0.3) is 10.8 Å². The Morgan fingerprint density at radius 3 is 2.24 bits per heavy atom. The van der Waals surface area contributed by atoms with Crippen LogP contribution >= 0.6 is 11.6 Å². The Hall–Kier alpha value is -2.28. The minimum Gasteiger partial charge on any atom is -0.744 e. The Morgan fingerprint density at radius 2 is 1.62 bits per heavy atom. The molecule has 0 atom stereocenters.